The Bertz CT molecular complexity index is 624. The third-order valence-corrected chi connectivity index (χ3v) is 2.89. The summed E-state index contributed by atoms with van der Waals surface area (Å²) >= 11 is 11.5. The molecule has 0 bridgehead atoms. The van der Waals surface area contributed by atoms with E-state index >= 15 is 0 Å². The molecule has 106 valence electrons. The van der Waals surface area contributed by atoms with Gasteiger partial charge in [0.05, 0.1) is 0 Å². The summed E-state index contributed by atoms with van der Waals surface area (Å²) in [7, 11) is 0. The predicted molar refractivity (Wildman–Crippen MR) is 70.5 cm³/mol. The van der Waals surface area contributed by atoms with Crippen molar-refractivity contribution in [3.8, 4) is 11.5 Å². The lowest BCUT2D eigenvalue weighted by Crippen LogP contribution is -2.08. The Morgan fingerprint density at radius 1 is 1.15 bits per heavy atom. The summed E-state index contributed by atoms with van der Waals surface area (Å²) in [5, 5.41) is -0.00831. The molecule has 0 spiro atoms. The van der Waals surface area contributed by atoms with Crippen LogP contribution < -0.4 is 4.74 Å². The number of hydrogen-bond donors (Lipinski definition) is 0. The van der Waals surface area contributed by atoms with E-state index in [4.69, 9.17) is 27.9 Å². The molecule has 0 fully saturated rings. The van der Waals surface area contributed by atoms with Gasteiger partial charge >= 0.3 is 6.18 Å². The van der Waals surface area contributed by atoms with Crippen LogP contribution in [-0.4, -0.2) is 4.98 Å². The van der Waals surface area contributed by atoms with Crippen molar-refractivity contribution in [2.75, 3.05) is 0 Å². The third kappa shape index (κ3) is 3.35. The second-order valence-corrected chi connectivity index (χ2v) is 4.84. The van der Waals surface area contributed by atoms with Crippen molar-refractivity contribution in [1.82, 2.24) is 4.98 Å². The van der Waals surface area contributed by atoms with Crippen LogP contribution in [0.4, 0.5) is 13.2 Å². The average Bonchev–Trinajstić information content (AvgIpc) is 2.29. The summed E-state index contributed by atoms with van der Waals surface area (Å²) in [6.07, 6.45) is -3.61. The van der Waals surface area contributed by atoms with Gasteiger partial charge in [0.15, 0.2) is 10.9 Å². The van der Waals surface area contributed by atoms with Gasteiger partial charge in [-0.3, -0.25) is 0 Å². The largest absolute Gasteiger partial charge is 0.453 e. The zero-order valence-electron chi connectivity index (χ0n) is 10.1. The number of alkyl halides is 3. The summed E-state index contributed by atoms with van der Waals surface area (Å²) in [4.78, 5) is 3.60. The van der Waals surface area contributed by atoms with Crippen molar-refractivity contribution >= 4 is 23.2 Å². The highest BCUT2D eigenvalue weighted by Crippen LogP contribution is 2.41. The first-order valence-corrected chi connectivity index (χ1v) is 6.19. The molecule has 7 heteroatoms. The molecular weight excluding hydrogens is 314 g/mol. The Kier molecular flexibility index (Phi) is 4.11. The second-order valence-electron chi connectivity index (χ2n) is 4.04. The van der Waals surface area contributed by atoms with Gasteiger partial charge < -0.3 is 4.74 Å². The maximum atomic E-state index is 12.9. The van der Waals surface area contributed by atoms with Gasteiger partial charge in [-0.05, 0) is 36.8 Å². The summed E-state index contributed by atoms with van der Waals surface area (Å²) in [5.74, 6) is -0.376. The van der Waals surface area contributed by atoms with Gasteiger partial charge in [0, 0.05) is 11.2 Å². The van der Waals surface area contributed by atoms with Crippen LogP contribution in [-0.2, 0) is 6.18 Å². The minimum Gasteiger partial charge on any atom is -0.453 e. The number of ether oxygens (including phenoxy) is 1. The molecule has 0 unspecified atom stereocenters. The number of halogens is 5. The number of aryl methyl sites for hydroxylation is 1. The molecule has 0 atom stereocenters. The van der Waals surface area contributed by atoms with Crippen LogP contribution in [0.2, 0.25) is 10.2 Å². The standard InChI is InChI=1S/C13H8Cl2F3NO/c1-7-4-8(14)6-9(5-7)20-11-10(13(16,17)18)2-3-19-12(11)15/h2-6H,1H3. The molecule has 2 rings (SSSR count). The van der Waals surface area contributed by atoms with Crippen LogP contribution in [0.5, 0.6) is 11.5 Å². The monoisotopic (exact) mass is 321 g/mol. The molecular formula is C13H8Cl2F3NO. The summed E-state index contributed by atoms with van der Waals surface area (Å²) < 4.78 is 43.9. The number of pyridine rings is 1. The zero-order valence-corrected chi connectivity index (χ0v) is 11.6. The number of benzene rings is 1. The maximum Gasteiger partial charge on any atom is 0.420 e. The minimum atomic E-state index is -4.59. The van der Waals surface area contributed by atoms with Crippen molar-refractivity contribution in [3.63, 3.8) is 0 Å². The Labute approximate surface area is 123 Å². The van der Waals surface area contributed by atoms with Gasteiger partial charge in [-0.2, -0.15) is 13.2 Å². The van der Waals surface area contributed by atoms with Crippen molar-refractivity contribution in [1.29, 1.82) is 0 Å². The van der Waals surface area contributed by atoms with Crippen LogP contribution in [0.15, 0.2) is 30.5 Å². The van der Waals surface area contributed by atoms with E-state index in [0.29, 0.717) is 5.02 Å². The molecule has 0 aliphatic heterocycles. The van der Waals surface area contributed by atoms with Crippen LogP contribution in [0.25, 0.3) is 0 Å². The highest BCUT2D eigenvalue weighted by Gasteiger charge is 2.36. The quantitative estimate of drug-likeness (QED) is 0.680. The van der Waals surface area contributed by atoms with Crippen LogP contribution in [0.3, 0.4) is 0 Å². The predicted octanol–water partition coefficient (Wildman–Crippen LogP) is 5.51. The van der Waals surface area contributed by atoms with Crippen molar-refractivity contribution in [2.45, 2.75) is 13.1 Å². The van der Waals surface area contributed by atoms with E-state index in [2.05, 4.69) is 4.98 Å². The minimum absolute atomic E-state index is 0.162. The Morgan fingerprint density at radius 3 is 2.45 bits per heavy atom. The molecule has 0 radical (unpaired) electrons. The van der Waals surface area contributed by atoms with E-state index < -0.39 is 17.5 Å². The summed E-state index contributed by atoms with van der Waals surface area (Å²) in [6, 6.07) is 5.41. The Morgan fingerprint density at radius 2 is 1.85 bits per heavy atom. The first kappa shape index (κ1) is 14.9. The smallest absolute Gasteiger partial charge is 0.420 e. The molecule has 0 saturated heterocycles. The van der Waals surface area contributed by atoms with Gasteiger partial charge in [-0.1, -0.05) is 23.2 Å². The van der Waals surface area contributed by atoms with E-state index in [1.54, 1.807) is 19.1 Å². The zero-order chi connectivity index (χ0) is 14.9. The highest BCUT2D eigenvalue weighted by molar-refractivity contribution is 6.31. The summed E-state index contributed by atoms with van der Waals surface area (Å²) in [5.41, 5.74) is -0.240. The molecule has 0 N–H and O–H groups in total. The molecule has 0 aliphatic carbocycles. The molecule has 1 aromatic heterocycles. The molecule has 1 heterocycles. The lowest BCUT2D eigenvalue weighted by atomic mass is 10.2. The number of hydrogen-bond acceptors (Lipinski definition) is 2. The van der Waals surface area contributed by atoms with Gasteiger partial charge in [0.1, 0.15) is 11.3 Å². The lowest BCUT2D eigenvalue weighted by Gasteiger charge is -2.14. The number of nitrogens with zero attached hydrogens (tertiary/aromatic N) is 1. The Balaban J connectivity index is 2.48. The maximum absolute atomic E-state index is 12.9. The molecule has 0 aliphatic rings. The normalized spacial score (nSPS) is 11.5. The number of rotatable bonds is 2. The van der Waals surface area contributed by atoms with E-state index in [-0.39, 0.29) is 10.9 Å². The van der Waals surface area contributed by atoms with Gasteiger partial charge in [-0.25, -0.2) is 4.98 Å². The first-order valence-electron chi connectivity index (χ1n) is 5.44. The number of aromatic nitrogens is 1. The summed E-state index contributed by atoms with van der Waals surface area (Å²) in [6.45, 7) is 1.74. The van der Waals surface area contributed by atoms with E-state index in [0.717, 1.165) is 17.8 Å². The van der Waals surface area contributed by atoms with E-state index in [9.17, 15) is 13.2 Å². The van der Waals surface area contributed by atoms with Crippen LogP contribution in [0.1, 0.15) is 11.1 Å². The molecule has 0 saturated carbocycles. The molecule has 20 heavy (non-hydrogen) atoms. The van der Waals surface area contributed by atoms with Crippen molar-refractivity contribution in [2.24, 2.45) is 0 Å². The highest BCUT2D eigenvalue weighted by atomic mass is 35.5. The molecule has 2 aromatic rings. The average molecular weight is 322 g/mol. The lowest BCUT2D eigenvalue weighted by molar-refractivity contribution is -0.138. The van der Waals surface area contributed by atoms with Gasteiger partial charge in [-0.15, -0.1) is 0 Å². The van der Waals surface area contributed by atoms with Crippen LogP contribution in [0, 0.1) is 6.92 Å². The molecule has 1 aromatic carbocycles. The fourth-order valence-electron chi connectivity index (χ4n) is 1.62. The third-order valence-electron chi connectivity index (χ3n) is 2.40. The fraction of sp³-hybridized carbons (Fsp3) is 0.154. The first-order chi connectivity index (χ1) is 9.27. The topological polar surface area (TPSA) is 22.1 Å². The van der Waals surface area contributed by atoms with Gasteiger partial charge in [0.25, 0.3) is 0 Å². The SMILES string of the molecule is Cc1cc(Cl)cc(Oc2c(C(F)(F)F)ccnc2Cl)c1. The molecule has 2 nitrogen and oxygen atoms in total. The van der Waals surface area contributed by atoms with E-state index in [1.807, 2.05) is 0 Å². The molecule has 0 amide bonds. The fourth-order valence-corrected chi connectivity index (χ4v) is 2.10. The van der Waals surface area contributed by atoms with E-state index in [1.165, 1.54) is 6.07 Å². The van der Waals surface area contributed by atoms with Crippen molar-refractivity contribution < 1.29 is 17.9 Å². The Hall–Kier alpha value is -1.46. The van der Waals surface area contributed by atoms with Crippen molar-refractivity contribution in [3.05, 3.63) is 51.8 Å². The second kappa shape index (κ2) is 5.50. The van der Waals surface area contributed by atoms with Crippen LogP contribution >= 0.6 is 23.2 Å². The van der Waals surface area contributed by atoms with Gasteiger partial charge in [0.2, 0.25) is 0 Å².